The van der Waals surface area contributed by atoms with Crippen molar-refractivity contribution in [3.63, 3.8) is 0 Å². The lowest BCUT2D eigenvalue weighted by molar-refractivity contribution is 0.0696. The lowest BCUT2D eigenvalue weighted by Gasteiger charge is -2.36. The third-order valence-corrected chi connectivity index (χ3v) is 8.54. The average Bonchev–Trinajstić information content (AvgIpc) is 3.05. The topological polar surface area (TPSA) is 68.7 Å². The Morgan fingerprint density at radius 2 is 1.62 bits per heavy atom. The Labute approximate surface area is 252 Å². The third-order valence-electron chi connectivity index (χ3n) is 8.29. The maximum absolute atomic E-state index is 11.9. The van der Waals surface area contributed by atoms with E-state index in [1.165, 1.54) is 5.56 Å². The number of anilines is 1. The molecule has 6 nitrogen and oxygen atoms in total. The van der Waals surface area contributed by atoms with Crippen LogP contribution >= 0.6 is 11.6 Å². The fraction of sp³-hybridized carbons (Fsp3) is 0.257. The van der Waals surface area contributed by atoms with Gasteiger partial charge in [0.25, 0.3) is 0 Å². The number of rotatable bonds is 8. The van der Waals surface area contributed by atoms with Gasteiger partial charge in [-0.1, -0.05) is 60.1 Å². The second-order valence-electron chi connectivity index (χ2n) is 10.9. The highest BCUT2D eigenvalue weighted by molar-refractivity contribution is 6.30. The number of aromatic nitrogens is 1. The van der Waals surface area contributed by atoms with E-state index in [1.54, 1.807) is 6.07 Å². The molecule has 1 saturated heterocycles. The van der Waals surface area contributed by atoms with Crippen LogP contribution in [0.2, 0.25) is 5.02 Å². The molecule has 6 rings (SSSR count). The SMILES string of the molecule is O=C(O)c1ccc(-c2ccc(-c3ccc(N4CCN(CCc5ccc(Cl)cc5)CC4)cn3)cc2)cc1C1=CCNCC1. The Morgan fingerprint density at radius 3 is 2.29 bits per heavy atom. The molecule has 1 aromatic heterocycles. The molecule has 4 aromatic rings. The Kier molecular flexibility index (Phi) is 8.65. The number of carbonyl (C=O) groups is 1. The first kappa shape index (κ1) is 28.2. The first-order chi connectivity index (χ1) is 20.5. The molecular weight excluding hydrogens is 544 g/mol. The summed E-state index contributed by atoms with van der Waals surface area (Å²) in [5.74, 6) is -0.892. The normalized spacial score (nSPS) is 15.8. The number of nitrogens with zero attached hydrogens (tertiary/aromatic N) is 3. The number of carboxylic acids is 1. The molecule has 0 unspecified atom stereocenters. The minimum absolute atomic E-state index is 0.354. The molecule has 2 aliphatic heterocycles. The van der Waals surface area contributed by atoms with Gasteiger partial charge in [0.2, 0.25) is 0 Å². The van der Waals surface area contributed by atoms with Gasteiger partial charge in [0.1, 0.15) is 0 Å². The van der Waals surface area contributed by atoms with E-state index >= 15 is 0 Å². The zero-order valence-corrected chi connectivity index (χ0v) is 24.4. The van der Waals surface area contributed by atoms with Crippen LogP contribution in [0.1, 0.15) is 27.9 Å². The smallest absolute Gasteiger partial charge is 0.336 e. The summed E-state index contributed by atoms with van der Waals surface area (Å²) in [4.78, 5) is 21.6. The number of benzene rings is 3. The van der Waals surface area contributed by atoms with E-state index in [2.05, 4.69) is 69.7 Å². The van der Waals surface area contributed by atoms with Crippen LogP contribution in [0.25, 0.3) is 28.0 Å². The molecule has 0 saturated carbocycles. The van der Waals surface area contributed by atoms with Gasteiger partial charge in [-0.3, -0.25) is 9.88 Å². The molecule has 0 spiro atoms. The number of aromatic carboxylic acids is 1. The van der Waals surface area contributed by atoms with Crippen LogP contribution < -0.4 is 10.2 Å². The Morgan fingerprint density at radius 1 is 0.881 bits per heavy atom. The van der Waals surface area contributed by atoms with Crippen molar-refractivity contribution >= 4 is 28.8 Å². The zero-order valence-electron chi connectivity index (χ0n) is 23.6. The summed E-state index contributed by atoms with van der Waals surface area (Å²) in [7, 11) is 0. The maximum Gasteiger partial charge on any atom is 0.336 e. The lowest BCUT2D eigenvalue weighted by Crippen LogP contribution is -2.47. The van der Waals surface area contributed by atoms with E-state index in [4.69, 9.17) is 16.6 Å². The van der Waals surface area contributed by atoms with Crippen molar-refractivity contribution < 1.29 is 9.90 Å². The number of hydrogen-bond acceptors (Lipinski definition) is 5. The number of carboxylic acid groups (broad SMARTS) is 1. The molecule has 2 N–H and O–H groups in total. The summed E-state index contributed by atoms with van der Waals surface area (Å²) in [5, 5.41) is 13.8. The van der Waals surface area contributed by atoms with Gasteiger partial charge in [-0.2, -0.15) is 0 Å². The molecule has 214 valence electrons. The standard InChI is InChI=1S/C35H35ClN4O2/c36-30-8-1-25(2-9-30)15-18-39-19-21-40(22-20-39)31-10-12-34(38-24-31)28-5-3-26(4-6-28)29-7-11-32(35(41)42)33(23-29)27-13-16-37-17-14-27/h1-13,23-24,37H,14-22H2,(H,41,42). The van der Waals surface area contributed by atoms with Crippen molar-refractivity contribution in [1.29, 1.82) is 0 Å². The van der Waals surface area contributed by atoms with Crippen molar-refractivity contribution in [3.8, 4) is 22.4 Å². The van der Waals surface area contributed by atoms with E-state index in [-0.39, 0.29) is 0 Å². The van der Waals surface area contributed by atoms with Gasteiger partial charge in [0, 0.05) is 49.9 Å². The van der Waals surface area contributed by atoms with Crippen LogP contribution in [0.4, 0.5) is 5.69 Å². The average molecular weight is 579 g/mol. The van der Waals surface area contributed by atoms with Gasteiger partial charge >= 0.3 is 5.97 Å². The molecule has 0 bridgehead atoms. The van der Waals surface area contributed by atoms with Crippen LogP contribution in [0.5, 0.6) is 0 Å². The predicted octanol–water partition coefficient (Wildman–Crippen LogP) is 6.51. The highest BCUT2D eigenvalue weighted by Gasteiger charge is 2.18. The first-order valence-corrected chi connectivity index (χ1v) is 15.0. The van der Waals surface area contributed by atoms with Gasteiger partial charge in [0.05, 0.1) is 23.1 Å². The van der Waals surface area contributed by atoms with E-state index in [0.717, 1.165) is 103 Å². The summed E-state index contributed by atoms with van der Waals surface area (Å²) in [6, 6.07) is 26.4. The number of hydrogen-bond donors (Lipinski definition) is 2. The van der Waals surface area contributed by atoms with Crippen LogP contribution in [0, 0.1) is 0 Å². The molecular formula is C35H35ClN4O2. The summed E-state index contributed by atoms with van der Waals surface area (Å²) in [5.41, 5.74) is 8.80. The zero-order chi connectivity index (χ0) is 28.9. The molecule has 0 atom stereocenters. The van der Waals surface area contributed by atoms with Crippen LogP contribution in [0.15, 0.2) is 91.1 Å². The highest BCUT2D eigenvalue weighted by atomic mass is 35.5. The van der Waals surface area contributed by atoms with Crippen LogP contribution in [0.3, 0.4) is 0 Å². The summed E-state index contributed by atoms with van der Waals surface area (Å²) < 4.78 is 0. The number of piperazine rings is 1. The second kappa shape index (κ2) is 12.9. The minimum atomic E-state index is -0.892. The summed E-state index contributed by atoms with van der Waals surface area (Å²) in [6.07, 6.45) is 5.94. The highest BCUT2D eigenvalue weighted by Crippen LogP contribution is 2.31. The van der Waals surface area contributed by atoms with Crippen molar-refractivity contribution in [2.45, 2.75) is 12.8 Å². The van der Waals surface area contributed by atoms with Gasteiger partial charge < -0.3 is 15.3 Å². The fourth-order valence-electron chi connectivity index (χ4n) is 5.79. The fourth-order valence-corrected chi connectivity index (χ4v) is 5.91. The van der Waals surface area contributed by atoms with Gasteiger partial charge in [0.15, 0.2) is 0 Å². The van der Waals surface area contributed by atoms with E-state index in [9.17, 15) is 9.90 Å². The van der Waals surface area contributed by atoms with Crippen molar-refractivity contribution in [3.05, 3.63) is 113 Å². The van der Waals surface area contributed by atoms with Crippen molar-refractivity contribution in [2.24, 2.45) is 0 Å². The number of nitrogens with one attached hydrogen (secondary N) is 1. The monoisotopic (exact) mass is 578 g/mol. The second-order valence-corrected chi connectivity index (χ2v) is 11.4. The molecule has 2 aliphatic rings. The van der Waals surface area contributed by atoms with E-state index < -0.39 is 5.97 Å². The molecule has 3 heterocycles. The predicted molar refractivity (Wildman–Crippen MR) is 171 cm³/mol. The third kappa shape index (κ3) is 6.57. The Balaban J connectivity index is 1.08. The molecule has 7 heteroatoms. The summed E-state index contributed by atoms with van der Waals surface area (Å²) in [6.45, 7) is 6.75. The minimum Gasteiger partial charge on any atom is -0.478 e. The Bertz CT molecular complexity index is 1560. The molecule has 0 amide bonds. The van der Waals surface area contributed by atoms with Gasteiger partial charge in [-0.05, 0) is 83.6 Å². The molecule has 3 aromatic carbocycles. The molecule has 0 radical (unpaired) electrons. The Hall–Kier alpha value is -3.97. The number of halogens is 1. The molecule has 1 fully saturated rings. The number of pyridine rings is 1. The first-order valence-electron chi connectivity index (χ1n) is 14.6. The lowest BCUT2D eigenvalue weighted by atomic mass is 9.91. The van der Waals surface area contributed by atoms with Gasteiger partial charge in [-0.15, -0.1) is 0 Å². The maximum atomic E-state index is 11.9. The molecule has 0 aliphatic carbocycles. The van der Waals surface area contributed by atoms with Crippen LogP contribution in [-0.2, 0) is 6.42 Å². The largest absolute Gasteiger partial charge is 0.478 e. The quantitative estimate of drug-likeness (QED) is 0.248. The molecule has 42 heavy (non-hydrogen) atoms. The van der Waals surface area contributed by atoms with E-state index in [0.29, 0.717) is 5.56 Å². The summed E-state index contributed by atoms with van der Waals surface area (Å²) >= 11 is 6.01. The van der Waals surface area contributed by atoms with E-state index in [1.807, 2.05) is 30.5 Å². The van der Waals surface area contributed by atoms with Crippen molar-refractivity contribution in [1.82, 2.24) is 15.2 Å². The van der Waals surface area contributed by atoms with Crippen molar-refractivity contribution in [2.75, 3.05) is 50.7 Å². The van der Waals surface area contributed by atoms with Gasteiger partial charge in [-0.25, -0.2) is 4.79 Å². The van der Waals surface area contributed by atoms with Crippen LogP contribution in [-0.4, -0.2) is 66.8 Å².